The van der Waals surface area contributed by atoms with Crippen LogP contribution >= 0.6 is 0 Å². The van der Waals surface area contributed by atoms with Gasteiger partial charge in [0.1, 0.15) is 5.75 Å². The third-order valence-electron chi connectivity index (χ3n) is 4.65. The van der Waals surface area contributed by atoms with Gasteiger partial charge in [-0.15, -0.1) is 0 Å². The van der Waals surface area contributed by atoms with E-state index in [1.54, 1.807) is 32.4 Å². The Bertz CT molecular complexity index is 820. The molecular weight excluding hydrogens is 366 g/mol. The number of amides is 1. The van der Waals surface area contributed by atoms with Gasteiger partial charge in [0.15, 0.2) is 18.1 Å². The summed E-state index contributed by atoms with van der Waals surface area (Å²) in [5, 5.41) is 2.80. The molecule has 2 rings (SSSR count). The number of carbonyl (C=O) groups is 1. The molecule has 0 fully saturated rings. The number of hydrogen-bond donors (Lipinski definition) is 1. The van der Waals surface area contributed by atoms with E-state index >= 15 is 0 Å². The molecule has 0 aliphatic carbocycles. The minimum atomic E-state index is -0.241. The van der Waals surface area contributed by atoms with E-state index in [1.807, 2.05) is 12.1 Å². The van der Waals surface area contributed by atoms with E-state index in [4.69, 9.17) is 14.2 Å². The lowest BCUT2D eigenvalue weighted by molar-refractivity contribution is -0.118. The summed E-state index contributed by atoms with van der Waals surface area (Å²) >= 11 is 0. The summed E-state index contributed by atoms with van der Waals surface area (Å²) in [6.45, 7) is 11.2. The second kappa shape index (κ2) is 9.21. The van der Waals surface area contributed by atoms with Gasteiger partial charge < -0.3 is 19.5 Å². The summed E-state index contributed by atoms with van der Waals surface area (Å²) in [6, 6.07) is 13.2. The highest BCUT2D eigenvalue weighted by atomic mass is 16.5. The number of benzene rings is 2. The fraction of sp³-hybridized carbons (Fsp3) is 0.458. The first-order valence-electron chi connectivity index (χ1n) is 9.79. The normalized spacial score (nSPS) is 11.7. The molecule has 0 bridgehead atoms. The summed E-state index contributed by atoms with van der Waals surface area (Å²) < 4.78 is 16.1. The summed E-state index contributed by atoms with van der Waals surface area (Å²) in [6.07, 6.45) is 1.08. The predicted molar refractivity (Wildman–Crippen MR) is 117 cm³/mol. The van der Waals surface area contributed by atoms with Gasteiger partial charge in [-0.2, -0.15) is 0 Å². The molecule has 29 heavy (non-hydrogen) atoms. The van der Waals surface area contributed by atoms with E-state index < -0.39 is 0 Å². The van der Waals surface area contributed by atoms with E-state index in [0.717, 1.165) is 6.42 Å². The molecule has 158 valence electrons. The summed E-state index contributed by atoms with van der Waals surface area (Å²) in [4.78, 5) is 12.2. The predicted octanol–water partition coefficient (Wildman–Crippen LogP) is 5.44. The molecule has 2 aromatic rings. The maximum Gasteiger partial charge on any atom is 0.262 e. The maximum atomic E-state index is 12.2. The maximum absolute atomic E-state index is 12.2. The third-order valence-corrected chi connectivity index (χ3v) is 4.65. The molecule has 5 nitrogen and oxygen atoms in total. The molecule has 0 aromatic heterocycles. The van der Waals surface area contributed by atoms with Gasteiger partial charge in [-0.1, -0.05) is 46.8 Å². The van der Waals surface area contributed by atoms with Crippen molar-refractivity contribution in [2.24, 2.45) is 5.41 Å². The van der Waals surface area contributed by atoms with Crippen molar-refractivity contribution in [3.8, 4) is 17.2 Å². The number of anilines is 1. The fourth-order valence-electron chi connectivity index (χ4n) is 3.69. The molecule has 2 aromatic carbocycles. The fourth-order valence-corrected chi connectivity index (χ4v) is 3.69. The highest BCUT2D eigenvalue weighted by Gasteiger charge is 2.27. The van der Waals surface area contributed by atoms with Crippen molar-refractivity contribution < 1.29 is 19.0 Å². The third kappa shape index (κ3) is 6.70. The van der Waals surface area contributed by atoms with Crippen molar-refractivity contribution >= 4 is 11.6 Å². The minimum Gasteiger partial charge on any atom is -0.493 e. The van der Waals surface area contributed by atoms with Crippen LogP contribution < -0.4 is 19.5 Å². The van der Waals surface area contributed by atoms with Crippen LogP contribution in [0.4, 0.5) is 5.69 Å². The van der Waals surface area contributed by atoms with Crippen LogP contribution in [0.5, 0.6) is 17.2 Å². The van der Waals surface area contributed by atoms with Gasteiger partial charge in [0, 0.05) is 11.8 Å². The molecule has 0 aliphatic heterocycles. The average Bonchev–Trinajstić information content (AvgIpc) is 2.64. The first kappa shape index (κ1) is 22.6. The van der Waals surface area contributed by atoms with Crippen LogP contribution in [0.3, 0.4) is 0 Å². The number of rotatable bonds is 8. The standard InChI is InChI=1S/C24H33NO4/c1-23(2,3)16-24(4,5)17-8-11-19(12-9-17)29-15-22(26)25-18-10-13-20(27-6)21(14-18)28-7/h8-14H,15-16H2,1-7H3,(H,25,26). The second-order valence-corrected chi connectivity index (χ2v) is 9.05. The van der Waals surface area contributed by atoms with Crippen molar-refractivity contribution in [3.63, 3.8) is 0 Å². The van der Waals surface area contributed by atoms with Crippen molar-refractivity contribution in [2.75, 3.05) is 26.1 Å². The number of ether oxygens (including phenoxy) is 3. The van der Waals surface area contributed by atoms with Crippen LogP contribution in [0.15, 0.2) is 42.5 Å². The zero-order valence-corrected chi connectivity index (χ0v) is 18.6. The van der Waals surface area contributed by atoms with E-state index in [2.05, 4.69) is 52.1 Å². The Kier molecular flexibility index (Phi) is 7.17. The Morgan fingerprint density at radius 2 is 1.52 bits per heavy atom. The molecule has 0 unspecified atom stereocenters. The first-order chi connectivity index (χ1) is 13.5. The smallest absolute Gasteiger partial charge is 0.262 e. The molecule has 1 N–H and O–H groups in total. The van der Waals surface area contributed by atoms with Crippen molar-refractivity contribution in [1.82, 2.24) is 0 Å². The van der Waals surface area contributed by atoms with E-state index in [1.165, 1.54) is 5.56 Å². The molecule has 0 spiro atoms. The van der Waals surface area contributed by atoms with Crippen LogP contribution in [0.25, 0.3) is 0 Å². The Hall–Kier alpha value is -2.69. The molecular formula is C24H33NO4. The van der Waals surface area contributed by atoms with Gasteiger partial charge in [-0.25, -0.2) is 0 Å². The number of methoxy groups -OCH3 is 2. The number of carbonyl (C=O) groups excluding carboxylic acids is 1. The SMILES string of the molecule is COc1ccc(NC(=O)COc2ccc(C(C)(C)CC(C)(C)C)cc2)cc1OC. The molecule has 0 saturated carbocycles. The topological polar surface area (TPSA) is 56.8 Å². The van der Waals surface area contributed by atoms with Gasteiger partial charge in [-0.05, 0) is 47.1 Å². The molecule has 0 aliphatic rings. The Morgan fingerprint density at radius 1 is 0.897 bits per heavy atom. The van der Waals surface area contributed by atoms with E-state index in [0.29, 0.717) is 22.9 Å². The lowest BCUT2D eigenvalue weighted by Gasteiger charge is -2.33. The Labute approximate surface area is 174 Å². The lowest BCUT2D eigenvalue weighted by atomic mass is 9.72. The molecule has 0 radical (unpaired) electrons. The highest BCUT2D eigenvalue weighted by Crippen LogP contribution is 2.36. The van der Waals surface area contributed by atoms with Crippen LogP contribution in [0.1, 0.15) is 46.6 Å². The summed E-state index contributed by atoms with van der Waals surface area (Å²) in [7, 11) is 3.12. The van der Waals surface area contributed by atoms with Crippen molar-refractivity contribution in [2.45, 2.75) is 46.5 Å². The molecule has 0 saturated heterocycles. The van der Waals surface area contributed by atoms with E-state index in [9.17, 15) is 4.79 Å². The van der Waals surface area contributed by atoms with Gasteiger partial charge >= 0.3 is 0 Å². The van der Waals surface area contributed by atoms with Gasteiger partial charge in [-0.3, -0.25) is 4.79 Å². The zero-order chi connectivity index (χ0) is 21.7. The first-order valence-corrected chi connectivity index (χ1v) is 9.79. The monoisotopic (exact) mass is 399 g/mol. The van der Waals surface area contributed by atoms with Crippen LogP contribution in [-0.4, -0.2) is 26.7 Å². The molecule has 0 atom stereocenters. The van der Waals surface area contributed by atoms with Crippen molar-refractivity contribution in [1.29, 1.82) is 0 Å². The van der Waals surface area contributed by atoms with Crippen LogP contribution in [0.2, 0.25) is 0 Å². The highest BCUT2D eigenvalue weighted by molar-refractivity contribution is 5.92. The van der Waals surface area contributed by atoms with Crippen molar-refractivity contribution in [3.05, 3.63) is 48.0 Å². The second-order valence-electron chi connectivity index (χ2n) is 9.05. The van der Waals surface area contributed by atoms with Gasteiger partial charge in [0.2, 0.25) is 0 Å². The number of nitrogens with one attached hydrogen (secondary N) is 1. The molecule has 1 amide bonds. The Balaban J connectivity index is 1.94. The Morgan fingerprint density at radius 3 is 2.07 bits per heavy atom. The quantitative estimate of drug-likeness (QED) is 0.643. The average molecular weight is 400 g/mol. The zero-order valence-electron chi connectivity index (χ0n) is 18.6. The lowest BCUT2D eigenvalue weighted by Crippen LogP contribution is -2.24. The summed E-state index contributed by atoms with van der Waals surface area (Å²) in [5.41, 5.74) is 2.20. The summed E-state index contributed by atoms with van der Waals surface area (Å²) in [5.74, 6) is 1.59. The van der Waals surface area contributed by atoms with Gasteiger partial charge in [0.25, 0.3) is 5.91 Å². The van der Waals surface area contributed by atoms with Gasteiger partial charge in [0.05, 0.1) is 14.2 Å². The van der Waals surface area contributed by atoms with Crippen LogP contribution in [-0.2, 0) is 10.2 Å². The molecule has 0 heterocycles. The van der Waals surface area contributed by atoms with Crippen LogP contribution in [0, 0.1) is 5.41 Å². The number of hydrogen-bond acceptors (Lipinski definition) is 4. The molecule has 5 heteroatoms. The minimum absolute atomic E-state index is 0.0704. The largest absolute Gasteiger partial charge is 0.493 e. The van der Waals surface area contributed by atoms with E-state index in [-0.39, 0.29) is 23.3 Å².